The lowest BCUT2D eigenvalue weighted by atomic mass is 10.3. The van der Waals surface area contributed by atoms with Crippen LogP contribution in [0.4, 0.5) is 8.78 Å². The van der Waals surface area contributed by atoms with E-state index in [-0.39, 0.29) is 11.0 Å². The lowest BCUT2D eigenvalue weighted by molar-refractivity contribution is -0.0497. The smallest absolute Gasteiger partial charge is 0.387 e. The quantitative estimate of drug-likeness (QED) is 0.667. The molecule has 10 heteroatoms. The van der Waals surface area contributed by atoms with Crippen LogP contribution in [-0.2, 0) is 16.5 Å². The van der Waals surface area contributed by atoms with E-state index < -0.39 is 70.4 Å². The Morgan fingerprint density at radius 3 is 3.08 bits per heavy atom. The summed E-state index contributed by atoms with van der Waals surface area (Å²) in [7, 11) is -4.85. The lowest BCUT2D eigenvalue weighted by Gasteiger charge is -2.10. The molecule has 0 spiro atoms. The molecular weight excluding hydrogens is 368 g/mol. The fraction of sp³-hybridized carbons (Fsp3) is 0.250. The van der Waals surface area contributed by atoms with Crippen molar-refractivity contribution < 1.29 is 38.2 Å². The van der Waals surface area contributed by atoms with Crippen LogP contribution < -0.4 is 14.2 Å². The van der Waals surface area contributed by atoms with Crippen LogP contribution in [0.2, 0.25) is 0 Å². The Balaban J connectivity index is 2.10. The number of hydrogen-bond donors (Lipinski definition) is 1. The summed E-state index contributed by atoms with van der Waals surface area (Å²) in [5.41, 5.74) is -3.81. The summed E-state index contributed by atoms with van der Waals surface area (Å²) in [4.78, 5) is 10.0. The van der Waals surface area contributed by atoms with Gasteiger partial charge in [0.25, 0.3) is 0 Å². The summed E-state index contributed by atoms with van der Waals surface area (Å²) in [6.07, 6.45) is -0.798. The maximum atomic E-state index is 13.1. The normalized spacial score (nSPS) is 18.3. The molecule has 0 saturated carbocycles. The SMILES string of the molecule is [2H]c1nc(C([2H])([2H])S(=O)c2nc3ccc(OC([2H])(F)F)cc3[nH]2)c(OC([2H])([2H])[2H])c(OC)c1[2H]. The molecule has 1 atom stereocenters. The van der Waals surface area contributed by atoms with Crippen LogP contribution in [0.3, 0.4) is 0 Å². The first-order valence-electron chi connectivity index (χ1n) is 10.8. The van der Waals surface area contributed by atoms with Crippen molar-refractivity contribution in [1.82, 2.24) is 15.0 Å². The number of halogens is 2. The Hall–Kier alpha value is -2.75. The van der Waals surface area contributed by atoms with E-state index in [1.165, 1.54) is 6.07 Å². The molecule has 0 fully saturated rings. The van der Waals surface area contributed by atoms with Crippen LogP contribution in [-0.4, -0.2) is 39.9 Å². The van der Waals surface area contributed by atoms with Crippen LogP contribution in [0.1, 0.15) is 16.7 Å². The topological polar surface area (TPSA) is 86.3 Å². The Kier molecular flexibility index (Phi) is 3.06. The number of aromatic nitrogens is 3. The molecule has 0 aliphatic carbocycles. The molecule has 1 unspecified atom stereocenters. The lowest BCUT2D eigenvalue weighted by Crippen LogP contribution is -2.04. The van der Waals surface area contributed by atoms with Gasteiger partial charge in [0, 0.05) is 21.0 Å². The fourth-order valence-electron chi connectivity index (χ4n) is 2.00. The molecule has 26 heavy (non-hydrogen) atoms. The Labute approximate surface area is 161 Å². The fourth-order valence-corrected chi connectivity index (χ4v) is 2.79. The van der Waals surface area contributed by atoms with Gasteiger partial charge in [-0.3, -0.25) is 9.19 Å². The molecule has 0 aliphatic heterocycles. The van der Waals surface area contributed by atoms with Crippen LogP contribution in [0, 0.1) is 0 Å². The highest BCUT2D eigenvalue weighted by molar-refractivity contribution is 7.84. The summed E-state index contributed by atoms with van der Waals surface area (Å²) in [5.74, 6) is -1.86. The number of pyridine rings is 1. The predicted molar refractivity (Wildman–Crippen MR) is 90.2 cm³/mol. The van der Waals surface area contributed by atoms with Gasteiger partial charge in [-0.1, -0.05) is 0 Å². The molecular formula is C16H15F2N3O4S. The molecule has 1 N–H and O–H groups in total. The van der Waals surface area contributed by atoms with Gasteiger partial charge in [0.2, 0.25) is 0 Å². The largest absolute Gasteiger partial charge is 0.493 e. The second-order valence-electron chi connectivity index (χ2n) is 4.58. The molecule has 0 radical (unpaired) electrons. The van der Waals surface area contributed by atoms with Gasteiger partial charge in [-0.2, -0.15) is 8.78 Å². The number of methoxy groups -OCH3 is 2. The molecule has 0 bridgehead atoms. The third-order valence-corrected chi connectivity index (χ3v) is 3.98. The maximum Gasteiger partial charge on any atom is 0.387 e. The van der Waals surface area contributed by atoms with Crippen LogP contribution >= 0.6 is 0 Å². The first kappa shape index (κ1) is 10.4. The Morgan fingerprint density at radius 2 is 2.35 bits per heavy atom. The summed E-state index contributed by atoms with van der Waals surface area (Å²) in [6.45, 7) is -4.21. The molecule has 0 aliphatic rings. The minimum atomic E-state index is -4.21. The van der Waals surface area contributed by atoms with Crippen molar-refractivity contribution in [2.45, 2.75) is 17.4 Å². The highest BCUT2D eigenvalue weighted by atomic mass is 32.2. The Morgan fingerprint density at radius 1 is 1.50 bits per heavy atom. The zero-order chi connectivity index (χ0) is 25.6. The monoisotopic (exact) mass is 391 g/mol. The first-order valence-corrected chi connectivity index (χ1v) is 7.91. The number of nitrogens with zero attached hydrogens (tertiary/aromatic N) is 2. The van der Waals surface area contributed by atoms with Crippen LogP contribution in [0.5, 0.6) is 17.2 Å². The van der Waals surface area contributed by atoms with E-state index in [4.69, 9.17) is 20.4 Å². The average Bonchev–Trinajstić information content (AvgIpc) is 3.11. The number of imidazole rings is 1. The summed E-state index contributed by atoms with van der Waals surface area (Å²) < 4.78 is 113. The van der Waals surface area contributed by atoms with Gasteiger partial charge < -0.3 is 19.2 Å². The van der Waals surface area contributed by atoms with Crippen molar-refractivity contribution in [3.8, 4) is 17.2 Å². The van der Waals surface area contributed by atoms with Crippen molar-refractivity contribution >= 4 is 21.8 Å². The van der Waals surface area contributed by atoms with Gasteiger partial charge in [-0.25, -0.2) is 4.98 Å². The van der Waals surface area contributed by atoms with Crippen molar-refractivity contribution in [3.63, 3.8) is 0 Å². The third-order valence-electron chi connectivity index (χ3n) is 3.06. The van der Waals surface area contributed by atoms with Crippen molar-refractivity contribution in [1.29, 1.82) is 0 Å². The number of rotatable bonds is 7. The number of benzene rings is 1. The molecule has 0 saturated heterocycles. The van der Waals surface area contributed by atoms with Gasteiger partial charge in [0.1, 0.15) is 5.75 Å². The Bertz CT molecular complexity index is 1270. The predicted octanol–water partition coefficient (Wildman–Crippen LogP) is 2.88. The second kappa shape index (κ2) is 7.65. The van der Waals surface area contributed by atoms with E-state index in [1.54, 1.807) is 0 Å². The van der Waals surface area contributed by atoms with Gasteiger partial charge in [-0.15, -0.1) is 0 Å². The second-order valence-corrected chi connectivity index (χ2v) is 5.71. The number of ether oxygens (including phenoxy) is 3. The van der Waals surface area contributed by atoms with E-state index in [0.29, 0.717) is 0 Å². The minimum Gasteiger partial charge on any atom is -0.493 e. The third kappa shape index (κ3) is 3.74. The maximum absolute atomic E-state index is 13.1. The zero-order valence-corrected chi connectivity index (χ0v) is 13.7. The summed E-state index contributed by atoms with van der Waals surface area (Å²) in [6, 6.07) is 2.61. The van der Waals surface area contributed by atoms with Gasteiger partial charge in [0.05, 0.1) is 54.2 Å². The average molecular weight is 391 g/mol. The standard InChI is InChI=1S/C16H15F2N3O4S/c1-23-13-5-6-19-12(14(13)24-2)8-26(22)16-20-10-4-3-9(25-15(17)18)7-11(10)21-16/h3-7,15H,8H2,1-2H3,(H,20,21)/i2D3,5D,6D,8D2,15D. The number of aromatic amines is 1. The first-order chi connectivity index (χ1) is 15.5. The van der Waals surface area contributed by atoms with Crippen molar-refractivity contribution in [2.24, 2.45) is 0 Å². The molecule has 3 aromatic rings. The number of H-pyrrole nitrogens is 1. The van der Waals surface area contributed by atoms with Crippen molar-refractivity contribution in [3.05, 3.63) is 36.1 Å². The van der Waals surface area contributed by atoms with Gasteiger partial charge >= 0.3 is 6.59 Å². The van der Waals surface area contributed by atoms with E-state index in [9.17, 15) is 13.0 Å². The highest BCUT2D eigenvalue weighted by Gasteiger charge is 2.17. The molecule has 138 valence electrons. The van der Waals surface area contributed by atoms with E-state index in [1.807, 2.05) is 0 Å². The summed E-state index contributed by atoms with van der Waals surface area (Å²) in [5, 5.41) is -0.489. The molecule has 0 amide bonds. The number of nitrogens with one attached hydrogen (secondary N) is 1. The number of hydrogen-bond acceptors (Lipinski definition) is 6. The van der Waals surface area contributed by atoms with E-state index >= 15 is 0 Å². The molecule has 2 heterocycles. The summed E-state index contributed by atoms with van der Waals surface area (Å²) >= 11 is 0. The molecule has 1 aromatic carbocycles. The number of alkyl halides is 2. The van der Waals surface area contributed by atoms with Crippen molar-refractivity contribution in [2.75, 3.05) is 14.1 Å². The zero-order valence-electron chi connectivity index (χ0n) is 20.9. The highest BCUT2D eigenvalue weighted by Crippen LogP contribution is 2.30. The van der Waals surface area contributed by atoms with Gasteiger partial charge in [0.15, 0.2) is 18.0 Å². The minimum absolute atomic E-state index is 0.0214. The van der Waals surface area contributed by atoms with E-state index in [2.05, 4.69) is 19.7 Å². The molecule has 7 nitrogen and oxygen atoms in total. The van der Waals surface area contributed by atoms with Crippen LogP contribution in [0.15, 0.2) is 35.6 Å². The van der Waals surface area contributed by atoms with Gasteiger partial charge in [-0.05, 0) is 12.1 Å². The molecule has 2 aromatic heterocycles. The molecule has 3 rings (SSSR count). The van der Waals surface area contributed by atoms with E-state index in [0.717, 1.165) is 19.2 Å². The number of fused-ring (bicyclic) bond motifs is 1. The van der Waals surface area contributed by atoms with Crippen LogP contribution in [0.25, 0.3) is 11.0 Å².